The summed E-state index contributed by atoms with van der Waals surface area (Å²) in [5, 5.41) is 3.03. The summed E-state index contributed by atoms with van der Waals surface area (Å²) in [5.74, 6) is -1.36. The maximum atomic E-state index is 14.8. The van der Waals surface area contributed by atoms with Gasteiger partial charge in [0.05, 0.1) is 40.4 Å². The number of carbonyl (C=O) groups excluding carboxylic acids is 1. The van der Waals surface area contributed by atoms with Crippen LogP contribution in [-0.2, 0) is 20.3 Å². The molecule has 0 saturated carbocycles. The minimum absolute atomic E-state index is 0.0403. The zero-order chi connectivity index (χ0) is 28.3. The average molecular weight is 560 g/mol. The molecule has 208 valence electrons. The molecule has 4 rings (SSSR count). The number of nitrogens with one attached hydrogen (secondary N) is 1. The summed E-state index contributed by atoms with van der Waals surface area (Å²) in [4.78, 5) is 20.7. The number of hydrogen-bond acceptors (Lipinski definition) is 8. The molecule has 3 aromatic rings. The predicted octanol–water partition coefficient (Wildman–Crippen LogP) is 4.82. The van der Waals surface area contributed by atoms with E-state index in [1.54, 1.807) is 32.0 Å². The maximum Gasteiger partial charge on any atom is 0.270 e. The van der Waals surface area contributed by atoms with E-state index in [0.717, 1.165) is 6.20 Å². The third kappa shape index (κ3) is 7.27. The molecule has 3 atom stereocenters. The molecule has 0 fully saturated rings. The zero-order valence-corrected chi connectivity index (χ0v) is 22.9. The number of halogens is 2. The van der Waals surface area contributed by atoms with Crippen LogP contribution in [0.1, 0.15) is 32.8 Å². The SMILES string of the molecule is CC(C)[C@H](N)C(=O)N=[S@](C)(=O)Cc1cc2cc(c1)O[C@H](C)CCOc1cc(F)ccc1-c1nc(ncc1F)N2. The van der Waals surface area contributed by atoms with Crippen LogP contribution in [-0.4, -0.2) is 45.1 Å². The van der Waals surface area contributed by atoms with Gasteiger partial charge in [0, 0.05) is 36.1 Å². The Morgan fingerprint density at radius 1 is 1.26 bits per heavy atom. The maximum absolute atomic E-state index is 14.8. The van der Waals surface area contributed by atoms with Crippen molar-refractivity contribution in [3.63, 3.8) is 0 Å². The van der Waals surface area contributed by atoms with Crippen molar-refractivity contribution in [3.8, 4) is 22.8 Å². The number of anilines is 2. The van der Waals surface area contributed by atoms with E-state index in [4.69, 9.17) is 15.2 Å². The van der Waals surface area contributed by atoms with Gasteiger partial charge in [0.25, 0.3) is 5.91 Å². The molecule has 1 aliphatic rings. The topological polar surface area (TPSA) is 129 Å². The highest BCUT2D eigenvalue weighted by Crippen LogP contribution is 2.33. The third-order valence-electron chi connectivity index (χ3n) is 6.01. The minimum Gasteiger partial charge on any atom is -0.493 e. The lowest BCUT2D eigenvalue weighted by Gasteiger charge is -2.19. The van der Waals surface area contributed by atoms with Gasteiger partial charge < -0.3 is 20.5 Å². The number of benzene rings is 2. The molecule has 12 heteroatoms. The van der Waals surface area contributed by atoms with E-state index >= 15 is 0 Å². The number of nitrogens with two attached hydrogens (primary N) is 1. The third-order valence-corrected chi connectivity index (χ3v) is 7.44. The lowest BCUT2D eigenvalue weighted by molar-refractivity contribution is -0.119. The van der Waals surface area contributed by atoms with Gasteiger partial charge in [0.15, 0.2) is 5.82 Å². The average Bonchev–Trinajstić information content (AvgIpc) is 2.83. The first-order chi connectivity index (χ1) is 18.4. The highest BCUT2D eigenvalue weighted by atomic mass is 32.2. The first-order valence-electron chi connectivity index (χ1n) is 12.4. The van der Waals surface area contributed by atoms with Crippen molar-refractivity contribution in [2.75, 3.05) is 18.2 Å². The lowest BCUT2D eigenvalue weighted by Crippen LogP contribution is -2.34. The van der Waals surface area contributed by atoms with Gasteiger partial charge >= 0.3 is 0 Å². The van der Waals surface area contributed by atoms with E-state index in [-0.39, 0.29) is 47.3 Å². The van der Waals surface area contributed by atoms with Crippen molar-refractivity contribution in [2.24, 2.45) is 16.0 Å². The molecule has 3 N–H and O–H groups in total. The number of ether oxygens (including phenoxy) is 2. The fourth-order valence-corrected chi connectivity index (χ4v) is 5.30. The first kappa shape index (κ1) is 28.4. The zero-order valence-electron chi connectivity index (χ0n) is 22.1. The molecule has 1 amide bonds. The molecule has 9 nitrogen and oxygen atoms in total. The van der Waals surface area contributed by atoms with Crippen LogP contribution in [0.15, 0.2) is 47.0 Å². The molecular weight excluding hydrogens is 528 g/mol. The van der Waals surface area contributed by atoms with E-state index < -0.39 is 33.3 Å². The summed E-state index contributed by atoms with van der Waals surface area (Å²) in [6.45, 7) is 5.59. The molecule has 2 aromatic carbocycles. The van der Waals surface area contributed by atoms with Crippen LogP contribution in [0.4, 0.5) is 20.4 Å². The summed E-state index contributed by atoms with van der Waals surface area (Å²) in [6, 6.07) is 8.06. The van der Waals surface area contributed by atoms with Gasteiger partial charge in [-0.3, -0.25) is 4.79 Å². The molecule has 0 saturated heterocycles. The Kier molecular flexibility index (Phi) is 8.45. The van der Waals surface area contributed by atoms with Crippen molar-refractivity contribution in [3.05, 3.63) is 59.8 Å². The van der Waals surface area contributed by atoms with Crippen molar-refractivity contribution >= 4 is 27.3 Å². The number of carbonyl (C=O) groups is 1. The quantitative estimate of drug-likeness (QED) is 0.466. The fourth-order valence-electron chi connectivity index (χ4n) is 3.94. The smallest absolute Gasteiger partial charge is 0.270 e. The summed E-state index contributed by atoms with van der Waals surface area (Å²) < 4.78 is 57.8. The van der Waals surface area contributed by atoms with Crippen molar-refractivity contribution in [2.45, 2.75) is 45.1 Å². The van der Waals surface area contributed by atoms with Gasteiger partial charge in [-0.1, -0.05) is 13.8 Å². The molecule has 0 spiro atoms. The van der Waals surface area contributed by atoms with Crippen LogP contribution in [0.2, 0.25) is 0 Å². The number of nitrogens with zero attached hydrogens (tertiary/aromatic N) is 3. The van der Waals surface area contributed by atoms with Crippen LogP contribution in [0.5, 0.6) is 11.5 Å². The number of fused-ring (bicyclic) bond motifs is 6. The van der Waals surface area contributed by atoms with E-state index in [0.29, 0.717) is 23.4 Å². The van der Waals surface area contributed by atoms with Gasteiger partial charge in [0.2, 0.25) is 5.95 Å². The summed E-state index contributed by atoms with van der Waals surface area (Å²) in [6.07, 6.45) is 2.52. The molecule has 1 aliphatic heterocycles. The Morgan fingerprint density at radius 2 is 2.03 bits per heavy atom. The van der Waals surface area contributed by atoms with Crippen LogP contribution >= 0.6 is 0 Å². The van der Waals surface area contributed by atoms with Gasteiger partial charge in [-0.25, -0.2) is 23.0 Å². The number of aromatic nitrogens is 2. The van der Waals surface area contributed by atoms with E-state index in [9.17, 15) is 17.8 Å². The molecule has 39 heavy (non-hydrogen) atoms. The standard InChI is InChI=1S/C27H31F2N5O4S/c1-15(2)24(30)26(35)34-39(4,36)14-17-9-19-12-20(10-17)38-16(3)7-8-37-23-11-18(28)5-6-21(23)25-22(29)13-31-27(32-19)33-25/h5-6,9-13,15-16,24H,7-8,14,30H2,1-4H3,(H,31,32,33)/t16-,24+,39-/m1/s1. The van der Waals surface area contributed by atoms with Crippen molar-refractivity contribution < 1.29 is 27.3 Å². The first-order valence-corrected chi connectivity index (χ1v) is 14.5. The van der Waals surface area contributed by atoms with E-state index in [1.165, 1.54) is 24.5 Å². The van der Waals surface area contributed by atoms with Crippen LogP contribution in [0.25, 0.3) is 11.3 Å². The van der Waals surface area contributed by atoms with Gasteiger partial charge in [0.1, 0.15) is 23.0 Å². The number of amides is 1. The van der Waals surface area contributed by atoms with Crippen molar-refractivity contribution in [1.29, 1.82) is 0 Å². The lowest BCUT2D eigenvalue weighted by atomic mass is 10.1. The summed E-state index contributed by atoms with van der Waals surface area (Å²) in [7, 11) is -2.97. The highest BCUT2D eigenvalue weighted by molar-refractivity contribution is 7.92. The van der Waals surface area contributed by atoms with Gasteiger partial charge in [-0.15, -0.1) is 0 Å². The highest BCUT2D eigenvalue weighted by Gasteiger charge is 2.20. The van der Waals surface area contributed by atoms with E-state index in [1.807, 2.05) is 6.92 Å². The predicted molar refractivity (Wildman–Crippen MR) is 145 cm³/mol. The monoisotopic (exact) mass is 559 g/mol. The Bertz CT molecular complexity index is 1510. The van der Waals surface area contributed by atoms with Crippen LogP contribution in [0, 0.1) is 17.6 Å². The minimum atomic E-state index is -2.97. The van der Waals surface area contributed by atoms with Crippen LogP contribution < -0.4 is 20.5 Å². The fraction of sp³-hybridized carbons (Fsp3) is 0.370. The van der Waals surface area contributed by atoms with Gasteiger partial charge in [-0.2, -0.15) is 4.36 Å². The normalized spacial score (nSPS) is 17.4. The Hall–Kier alpha value is -3.64. The number of hydrogen-bond donors (Lipinski definition) is 2. The molecule has 4 bridgehead atoms. The molecule has 0 aliphatic carbocycles. The second-order valence-electron chi connectivity index (χ2n) is 9.89. The number of rotatable bonds is 4. The van der Waals surface area contributed by atoms with E-state index in [2.05, 4.69) is 19.6 Å². The van der Waals surface area contributed by atoms with Crippen molar-refractivity contribution in [1.82, 2.24) is 9.97 Å². The molecular formula is C27H31F2N5O4S. The van der Waals surface area contributed by atoms with Crippen LogP contribution in [0.3, 0.4) is 0 Å². The molecule has 0 radical (unpaired) electrons. The summed E-state index contributed by atoms with van der Waals surface area (Å²) >= 11 is 0. The molecule has 1 aromatic heterocycles. The Balaban J connectivity index is 1.74. The Morgan fingerprint density at radius 3 is 2.77 bits per heavy atom. The second-order valence-corrected chi connectivity index (χ2v) is 12.3. The molecule has 2 heterocycles. The van der Waals surface area contributed by atoms with Gasteiger partial charge in [-0.05, 0) is 42.7 Å². The largest absolute Gasteiger partial charge is 0.493 e. The Labute approximate surface area is 226 Å². The molecule has 0 unspecified atom stereocenters. The summed E-state index contributed by atoms with van der Waals surface area (Å²) in [5.41, 5.74) is 7.17. The second kappa shape index (κ2) is 11.6.